The third-order valence-electron chi connectivity index (χ3n) is 5.39. The Balaban J connectivity index is -0.0000000764. The Morgan fingerprint density at radius 1 is 0.510 bits per heavy atom. The first-order valence-electron chi connectivity index (χ1n) is 16.8. The van der Waals surface area contributed by atoms with E-state index in [0.717, 1.165) is 25.9 Å². The summed E-state index contributed by atoms with van der Waals surface area (Å²) in [6.07, 6.45) is 4.02. The molecule has 0 radical (unpaired) electrons. The van der Waals surface area contributed by atoms with E-state index in [9.17, 15) is 19.2 Å². The first-order valence-corrected chi connectivity index (χ1v) is 16.8. The predicted octanol–water partition coefficient (Wildman–Crippen LogP) is 9.76. The molecular weight excluding hydrogens is 654 g/mol. The zero-order chi connectivity index (χ0) is 35.0. The van der Waals surface area contributed by atoms with Gasteiger partial charge in [-0.1, -0.05) is 79.2 Å². The highest BCUT2D eigenvalue weighted by atomic mass is 16.6. The van der Waals surface area contributed by atoms with Crippen molar-refractivity contribution in [3.63, 3.8) is 0 Å². The van der Waals surface area contributed by atoms with Gasteiger partial charge in [0.05, 0.1) is 43.7 Å². The average molecular weight is 746 g/mol. The third-order valence-corrected chi connectivity index (χ3v) is 5.39. The summed E-state index contributed by atoms with van der Waals surface area (Å²) in [5.41, 5.74) is 0. The first kappa shape index (κ1) is 70.2. The van der Waals surface area contributed by atoms with Crippen molar-refractivity contribution >= 4 is 23.9 Å². The molecule has 0 spiro atoms. The number of rotatable bonds is 22. The summed E-state index contributed by atoms with van der Waals surface area (Å²) in [4.78, 5) is 45.2. The minimum Gasteiger partial charge on any atom is -0.450 e. The smallest absolute Gasteiger partial charge is 0.407 e. The average Bonchev–Trinajstić information content (AvgIpc) is 3.00. The fourth-order valence-electron chi connectivity index (χ4n) is 3.25. The van der Waals surface area contributed by atoms with E-state index in [1.165, 1.54) is 0 Å². The van der Waals surface area contributed by atoms with Gasteiger partial charge in [0.1, 0.15) is 5.78 Å². The van der Waals surface area contributed by atoms with E-state index in [4.69, 9.17) is 23.7 Å². The van der Waals surface area contributed by atoms with Crippen molar-refractivity contribution < 1.29 is 42.9 Å². The molecule has 51 heavy (non-hydrogen) atoms. The molecule has 0 aliphatic rings. The molecule has 0 heterocycles. The van der Waals surface area contributed by atoms with E-state index in [1.807, 2.05) is 55.4 Å². The van der Waals surface area contributed by atoms with E-state index in [0.29, 0.717) is 51.5 Å². The van der Waals surface area contributed by atoms with Crippen molar-refractivity contribution in [2.45, 2.75) is 196 Å². The number of nitrogens with one attached hydrogen (secondary N) is 3. The summed E-state index contributed by atoms with van der Waals surface area (Å²) < 4.78 is 26.3. The van der Waals surface area contributed by atoms with Gasteiger partial charge >= 0.3 is 12.2 Å². The number of ether oxygens (including phenoxy) is 5. The lowest BCUT2D eigenvalue weighted by molar-refractivity contribution is -0.121. The van der Waals surface area contributed by atoms with Crippen LogP contribution < -0.4 is 16.0 Å². The van der Waals surface area contributed by atoms with Gasteiger partial charge in [-0.25, -0.2) is 9.59 Å². The number of amides is 3. The summed E-state index contributed by atoms with van der Waals surface area (Å²) in [7, 11) is 0. The van der Waals surface area contributed by atoms with Crippen LogP contribution in [0.2, 0.25) is 0 Å². The summed E-state index contributed by atoms with van der Waals surface area (Å²) >= 11 is 0. The second-order valence-corrected chi connectivity index (χ2v) is 11.2. The molecule has 0 saturated carbocycles. The number of Topliss-reactive ketones (excluding diaryl/α,β-unsaturated/α-hetero) is 1. The van der Waals surface area contributed by atoms with Gasteiger partial charge in [0.25, 0.3) is 0 Å². The molecule has 0 fully saturated rings. The van der Waals surface area contributed by atoms with Crippen molar-refractivity contribution in [2.24, 2.45) is 0 Å². The van der Waals surface area contributed by atoms with E-state index < -0.39 is 12.2 Å². The molecule has 1 unspecified atom stereocenters. The lowest BCUT2D eigenvalue weighted by Gasteiger charge is -2.21. The summed E-state index contributed by atoms with van der Waals surface area (Å²) in [6.45, 7) is 24.1. The third kappa shape index (κ3) is 57.2. The van der Waals surface area contributed by atoms with Crippen LogP contribution in [-0.2, 0) is 33.3 Å². The fourth-order valence-corrected chi connectivity index (χ4v) is 3.25. The largest absolute Gasteiger partial charge is 0.450 e. The van der Waals surface area contributed by atoms with Crippen molar-refractivity contribution in [3.05, 3.63) is 0 Å². The zero-order valence-electron chi connectivity index (χ0n) is 30.3. The molecule has 0 rings (SSSR count). The highest BCUT2D eigenvalue weighted by Gasteiger charge is 2.16. The lowest BCUT2D eigenvalue weighted by atomic mass is 10.1. The highest BCUT2D eigenvalue weighted by molar-refractivity contribution is 5.78. The molecular formula is C39H91N3O9. The quantitative estimate of drug-likeness (QED) is 0.0984. The molecule has 0 aliphatic carbocycles. The molecule has 0 bridgehead atoms. The van der Waals surface area contributed by atoms with Gasteiger partial charge in [-0.3, -0.25) is 9.59 Å². The van der Waals surface area contributed by atoms with Crippen molar-refractivity contribution in [2.75, 3.05) is 39.5 Å². The van der Waals surface area contributed by atoms with Gasteiger partial charge < -0.3 is 39.6 Å². The molecule has 0 aromatic rings. The minimum atomic E-state index is -0.484. The van der Waals surface area contributed by atoms with Gasteiger partial charge in [-0.05, 0) is 67.2 Å². The number of carbonyl (C=O) groups is 4. The van der Waals surface area contributed by atoms with E-state index >= 15 is 0 Å². The number of alkyl carbamates (subject to hydrolysis) is 2. The lowest BCUT2D eigenvalue weighted by Crippen LogP contribution is -2.43. The van der Waals surface area contributed by atoms with Crippen LogP contribution in [0.1, 0.15) is 166 Å². The SMILES string of the molecule is C.C.C.C.C.C.CCC(=O)CCC(CNC(=O)CC)OC(C)C.CCCOC(=O)NCC(CNC(=O)OCCC)OC(C)C.CCCOC(C)C. The van der Waals surface area contributed by atoms with Crippen LogP contribution >= 0.6 is 0 Å². The Bertz CT molecular complexity index is 693. The highest BCUT2D eigenvalue weighted by Crippen LogP contribution is 2.07. The number of ketones is 1. The molecule has 12 nitrogen and oxygen atoms in total. The molecule has 1 atom stereocenters. The van der Waals surface area contributed by atoms with Gasteiger partial charge in [-0.2, -0.15) is 0 Å². The van der Waals surface area contributed by atoms with Crippen LogP contribution in [0.3, 0.4) is 0 Å². The molecule has 0 aliphatic heterocycles. The van der Waals surface area contributed by atoms with Crippen LogP contribution in [-0.4, -0.2) is 93.9 Å². The number of hydrogen-bond donors (Lipinski definition) is 3. The van der Waals surface area contributed by atoms with E-state index in [1.54, 1.807) is 0 Å². The van der Waals surface area contributed by atoms with Crippen LogP contribution in [0.25, 0.3) is 0 Å². The zero-order valence-corrected chi connectivity index (χ0v) is 30.3. The molecule has 0 saturated heterocycles. The van der Waals surface area contributed by atoms with Crippen LogP contribution in [0, 0.1) is 0 Å². The monoisotopic (exact) mass is 746 g/mol. The van der Waals surface area contributed by atoms with Crippen LogP contribution in [0.15, 0.2) is 0 Å². The van der Waals surface area contributed by atoms with E-state index in [2.05, 4.69) is 36.7 Å². The van der Waals surface area contributed by atoms with Crippen molar-refractivity contribution in [1.82, 2.24) is 16.0 Å². The second-order valence-electron chi connectivity index (χ2n) is 11.2. The van der Waals surface area contributed by atoms with Gasteiger partial charge in [0, 0.05) is 45.5 Å². The molecule has 3 amide bonds. The van der Waals surface area contributed by atoms with Crippen LogP contribution in [0.4, 0.5) is 9.59 Å². The standard InChI is InChI=1S/C14H28N2O5.C13H25NO3.C6H14O.6CH4/c1-5-7-19-13(17)15-9-12(21-11(3)4)10-16-14(18)20-8-6-2;1-5-11(15)7-8-12(17-10(3)4)9-14-13(16)6-2;1-4-5-7-6(2)3;;;;;;/h11-12H,5-10H2,1-4H3,(H,15,17)(H,16,18);10,12H,5-9H2,1-4H3,(H,14,16);6H,4-5H2,1-3H3;6*1H4. The summed E-state index contributed by atoms with van der Waals surface area (Å²) in [5, 5.41) is 8.03. The van der Waals surface area contributed by atoms with Gasteiger partial charge in [0.2, 0.25) is 5.91 Å². The molecule has 316 valence electrons. The molecule has 0 aromatic heterocycles. The number of carbonyl (C=O) groups excluding carboxylic acids is 4. The summed E-state index contributed by atoms with van der Waals surface area (Å²) in [6, 6.07) is 0. The summed E-state index contributed by atoms with van der Waals surface area (Å²) in [5.74, 6) is 0.258. The predicted molar refractivity (Wildman–Crippen MR) is 219 cm³/mol. The maximum Gasteiger partial charge on any atom is 0.407 e. The minimum absolute atomic E-state index is 0. The van der Waals surface area contributed by atoms with Crippen LogP contribution in [0.5, 0.6) is 0 Å². The number of hydrogen-bond acceptors (Lipinski definition) is 9. The van der Waals surface area contributed by atoms with Gasteiger partial charge in [0.15, 0.2) is 0 Å². The maximum absolute atomic E-state index is 11.4. The Morgan fingerprint density at radius 2 is 0.902 bits per heavy atom. The van der Waals surface area contributed by atoms with E-state index in [-0.39, 0.29) is 93.8 Å². The molecule has 12 heteroatoms. The maximum atomic E-state index is 11.4. The Hall–Kier alpha value is -2.44. The fraction of sp³-hybridized carbons (Fsp3) is 0.897. The van der Waals surface area contributed by atoms with Crippen molar-refractivity contribution in [3.8, 4) is 0 Å². The van der Waals surface area contributed by atoms with Crippen molar-refractivity contribution in [1.29, 1.82) is 0 Å². The topological polar surface area (TPSA) is 151 Å². The normalized spacial score (nSPS) is 9.94. The Kier molecular flexibility index (Phi) is 68.4. The molecule has 3 N–H and O–H groups in total. The Morgan fingerprint density at radius 3 is 1.22 bits per heavy atom. The second kappa shape index (κ2) is 49.7. The molecule has 0 aromatic carbocycles. The van der Waals surface area contributed by atoms with Gasteiger partial charge in [-0.15, -0.1) is 0 Å². The first-order chi connectivity index (χ1) is 21.2. The Labute approximate surface area is 318 Å².